The molecule has 1 amide bonds. The van der Waals surface area contributed by atoms with E-state index in [1.807, 2.05) is 27.7 Å². The van der Waals surface area contributed by atoms with Crippen molar-refractivity contribution in [1.82, 2.24) is 15.6 Å². The Morgan fingerprint density at radius 1 is 0.981 bits per heavy atom. The third kappa shape index (κ3) is 9.36. The molecule has 12 heteroatoms. The van der Waals surface area contributed by atoms with Crippen LogP contribution in [0.4, 0.5) is 17.6 Å². The highest BCUT2D eigenvalue weighted by atomic mass is 32.1. The minimum absolute atomic E-state index is 0.0159. The van der Waals surface area contributed by atoms with Crippen molar-refractivity contribution in [2.45, 2.75) is 110 Å². The van der Waals surface area contributed by atoms with Crippen molar-refractivity contribution in [2.24, 2.45) is 23.7 Å². The Morgan fingerprint density at radius 3 is 2.32 bits per heavy atom. The maximum absolute atomic E-state index is 14.9. The number of aromatic nitrogens is 1. The van der Waals surface area contributed by atoms with Gasteiger partial charge in [-0.15, -0.1) is 0 Å². The lowest BCUT2D eigenvalue weighted by atomic mass is 9.72. The number of hydrogen-bond acceptors (Lipinski definition) is 5. The molecule has 288 valence electrons. The number of aromatic amines is 1. The van der Waals surface area contributed by atoms with E-state index in [0.717, 1.165) is 25.3 Å². The number of ketones is 2. The molecule has 1 aromatic heterocycles. The highest BCUT2D eigenvalue weighted by molar-refractivity contribution is 7.80. The maximum atomic E-state index is 14.9. The smallest absolute Gasteiger partial charge is 0.381 e. The predicted molar refractivity (Wildman–Crippen MR) is 201 cm³/mol. The van der Waals surface area contributed by atoms with Crippen LogP contribution in [0.3, 0.4) is 0 Å². The molecule has 3 aromatic rings. The van der Waals surface area contributed by atoms with E-state index < -0.39 is 34.9 Å². The third-order valence-electron chi connectivity index (χ3n) is 11.6. The monoisotopic (exact) mass is 757 g/mol. The molecule has 2 unspecified atom stereocenters. The Hall–Kier alpha value is -3.64. The molecule has 0 radical (unpaired) electrons. The molecule has 53 heavy (non-hydrogen) atoms. The average Bonchev–Trinajstić information content (AvgIpc) is 3.50. The molecule has 1 aliphatic carbocycles. The van der Waals surface area contributed by atoms with Crippen LogP contribution in [0.25, 0.3) is 10.9 Å². The minimum atomic E-state index is -4.59. The summed E-state index contributed by atoms with van der Waals surface area (Å²) in [6, 6.07) is 10.1. The normalized spacial score (nSPS) is 20.2. The second-order valence-electron chi connectivity index (χ2n) is 15.1. The molecule has 7 nitrogen and oxygen atoms in total. The minimum Gasteiger partial charge on any atom is -0.381 e. The summed E-state index contributed by atoms with van der Waals surface area (Å²) in [4.78, 5) is 46.3. The molecule has 5 rings (SSSR count). The van der Waals surface area contributed by atoms with Crippen LogP contribution in [0.15, 0.2) is 42.5 Å². The van der Waals surface area contributed by atoms with Crippen molar-refractivity contribution < 1.29 is 36.7 Å². The lowest BCUT2D eigenvalue weighted by molar-refractivity contribution is -0.137. The number of Topliss-reactive ketones (excluding diaryl/α,β-unsaturated/α-hetero) is 2. The summed E-state index contributed by atoms with van der Waals surface area (Å²) in [5, 5.41) is 6.95. The molecule has 1 saturated heterocycles. The molecule has 2 aromatic carbocycles. The Labute approximate surface area is 314 Å². The molecule has 0 bridgehead atoms. The Kier molecular flexibility index (Phi) is 13.2. The molecule has 1 fully saturated rings. The molecule has 3 N–H and O–H groups in total. The lowest BCUT2D eigenvalue weighted by Gasteiger charge is -2.40. The van der Waals surface area contributed by atoms with Gasteiger partial charge in [0.25, 0.3) is 0 Å². The third-order valence-corrected chi connectivity index (χ3v) is 12.0. The number of alkyl halides is 3. The fourth-order valence-corrected chi connectivity index (χ4v) is 8.32. The summed E-state index contributed by atoms with van der Waals surface area (Å²) in [5.74, 6) is -2.91. The van der Waals surface area contributed by atoms with Gasteiger partial charge in [0.05, 0.1) is 16.1 Å². The van der Waals surface area contributed by atoms with Crippen LogP contribution >= 0.6 is 12.2 Å². The number of benzene rings is 2. The number of carbonyl (C=O) groups is 3. The number of para-hydroxylation sites is 1. The number of aryl methyl sites for hydroxylation is 1. The highest BCUT2D eigenvalue weighted by Gasteiger charge is 2.47. The van der Waals surface area contributed by atoms with Gasteiger partial charge in [-0.05, 0) is 60.8 Å². The van der Waals surface area contributed by atoms with Gasteiger partial charge < -0.3 is 20.4 Å². The second-order valence-corrected chi connectivity index (χ2v) is 15.5. The van der Waals surface area contributed by atoms with E-state index >= 15 is 0 Å². The van der Waals surface area contributed by atoms with Crippen LogP contribution in [0.5, 0.6) is 0 Å². The molecule has 1 aliphatic heterocycles. The summed E-state index contributed by atoms with van der Waals surface area (Å²) in [6.07, 6.45) is -1.63. The van der Waals surface area contributed by atoms with Crippen LogP contribution in [0.1, 0.15) is 95.0 Å². The lowest BCUT2D eigenvalue weighted by Crippen LogP contribution is -2.60. The van der Waals surface area contributed by atoms with E-state index in [9.17, 15) is 31.9 Å². The summed E-state index contributed by atoms with van der Waals surface area (Å²) in [5.41, 5.74) is -0.903. The topological polar surface area (TPSA) is 100 Å². The number of nitrogens with one attached hydrogen (secondary N) is 3. The van der Waals surface area contributed by atoms with Gasteiger partial charge in [-0.25, -0.2) is 4.39 Å². The van der Waals surface area contributed by atoms with Crippen molar-refractivity contribution >= 4 is 45.6 Å². The molecular formula is C41H51F4N3O4S. The summed E-state index contributed by atoms with van der Waals surface area (Å²) in [6.45, 7) is 9.08. The van der Waals surface area contributed by atoms with Crippen LogP contribution in [0.2, 0.25) is 0 Å². The first kappa shape index (κ1) is 40.5. The van der Waals surface area contributed by atoms with E-state index in [4.69, 9.17) is 17.0 Å². The van der Waals surface area contributed by atoms with Crippen molar-refractivity contribution in [3.8, 4) is 0 Å². The molecule has 0 saturated carbocycles. The molecular weight excluding hydrogens is 707 g/mol. The summed E-state index contributed by atoms with van der Waals surface area (Å²) in [7, 11) is 0. The zero-order valence-electron chi connectivity index (χ0n) is 31.0. The summed E-state index contributed by atoms with van der Waals surface area (Å²) >= 11 is 5.94. The zero-order chi connectivity index (χ0) is 38.5. The largest absolute Gasteiger partial charge is 0.418 e. The van der Waals surface area contributed by atoms with Crippen molar-refractivity contribution in [3.63, 3.8) is 0 Å². The van der Waals surface area contributed by atoms with E-state index in [1.54, 1.807) is 24.3 Å². The van der Waals surface area contributed by atoms with Crippen molar-refractivity contribution in [2.75, 3.05) is 13.2 Å². The van der Waals surface area contributed by atoms with Gasteiger partial charge in [0.1, 0.15) is 17.1 Å². The van der Waals surface area contributed by atoms with Crippen molar-refractivity contribution in [3.05, 3.63) is 70.7 Å². The van der Waals surface area contributed by atoms with Crippen LogP contribution in [-0.4, -0.2) is 52.2 Å². The summed E-state index contributed by atoms with van der Waals surface area (Å²) < 4.78 is 62.2. The van der Waals surface area contributed by atoms with Gasteiger partial charge >= 0.3 is 6.18 Å². The number of amides is 1. The number of hydrogen-bond donors (Lipinski definition) is 3. The Morgan fingerprint density at radius 2 is 1.66 bits per heavy atom. The molecule has 2 aliphatic rings. The molecule has 2 heterocycles. The molecule has 5 atom stereocenters. The predicted octanol–water partition coefficient (Wildman–Crippen LogP) is 8.25. The number of ether oxygens (including phenoxy) is 1. The van der Waals surface area contributed by atoms with Gasteiger partial charge in [0.15, 0.2) is 5.78 Å². The first-order chi connectivity index (χ1) is 25.2. The zero-order valence-corrected chi connectivity index (χ0v) is 31.8. The molecule has 0 spiro atoms. The van der Waals surface area contributed by atoms with Crippen molar-refractivity contribution in [1.29, 1.82) is 0 Å². The number of thiocarbonyl (C=S) groups is 1. The van der Waals surface area contributed by atoms with Crippen LogP contribution in [-0.2, 0) is 44.6 Å². The quantitative estimate of drug-likeness (QED) is 0.107. The standard InChI is InChI=1S/C41H51F4N3O4S/c1-5-24(3)30(21-28(49)20-26-10-7-8-13-34(26)42)38(51)48-40(36(50)22-31(25(4)6-2)39(53)46-27-15-18-52-19-16-27)17-14-35-32(23-40)29-11-9-12-33(37(29)47-35)41(43,44)45/h7-13,24-25,27,30-31,47H,5-6,14-23H2,1-4H3,(H,46,53)(H,48,51)/t24?,25?,30-,31-,40+/m0/s1. The Balaban J connectivity index is 1.49. The van der Waals surface area contributed by atoms with Gasteiger partial charge in [-0.2, -0.15) is 13.2 Å². The number of H-pyrrole nitrogens is 1. The first-order valence-corrected chi connectivity index (χ1v) is 19.3. The van der Waals surface area contributed by atoms with E-state index in [2.05, 4.69) is 15.6 Å². The highest BCUT2D eigenvalue weighted by Crippen LogP contribution is 2.41. The van der Waals surface area contributed by atoms with Gasteiger partial charge in [-0.3, -0.25) is 14.4 Å². The van der Waals surface area contributed by atoms with E-state index in [-0.39, 0.29) is 85.0 Å². The van der Waals surface area contributed by atoms with Crippen LogP contribution in [0, 0.1) is 29.5 Å². The van der Waals surface area contributed by atoms with E-state index in [1.165, 1.54) is 12.1 Å². The van der Waals surface area contributed by atoms with E-state index in [0.29, 0.717) is 41.3 Å². The average molecular weight is 758 g/mol. The van der Waals surface area contributed by atoms with Gasteiger partial charge in [-0.1, -0.05) is 83.1 Å². The van der Waals surface area contributed by atoms with Crippen LogP contribution < -0.4 is 10.6 Å². The fraction of sp³-hybridized carbons (Fsp3) is 0.561. The number of carbonyl (C=O) groups excluding carboxylic acids is 3. The second kappa shape index (κ2) is 17.2. The van der Waals surface area contributed by atoms with Gasteiger partial charge in [0, 0.05) is 67.9 Å². The van der Waals surface area contributed by atoms with Gasteiger partial charge in [0.2, 0.25) is 5.91 Å². The maximum Gasteiger partial charge on any atom is 0.418 e. The first-order valence-electron chi connectivity index (χ1n) is 18.9. The number of fused-ring (bicyclic) bond motifs is 3. The Bertz CT molecular complexity index is 1800. The number of halogens is 4. The fourth-order valence-electron chi connectivity index (χ4n) is 7.84. The number of rotatable bonds is 15. The SMILES string of the molecule is CCC(C)[C@H](CC(=O)Cc1ccccc1F)C(=O)N[C@]1(C(=O)C[C@H](C(=S)NC2CCOCC2)C(C)CC)CCc2[nH]c3c(C(F)(F)F)cccc3c2C1.